The summed E-state index contributed by atoms with van der Waals surface area (Å²) in [5, 5.41) is 9.13. The normalized spacial score (nSPS) is 10.5. The number of nitrogens with zero attached hydrogens (tertiary/aromatic N) is 3. The van der Waals surface area contributed by atoms with Gasteiger partial charge in [0.25, 0.3) is 5.91 Å². The molecule has 0 spiro atoms. The molecule has 0 atom stereocenters. The average Bonchev–Trinajstić information content (AvgIpc) is 3.30. The molecule has 0 fully saturated rings. The van der Waals surface area contributed by atoms with Gasteiger partial charge in [-0.15, -0.1) is 10.2 Å². The molecule has 1 aromatic heterocycles. The van der Waals surface area contributed by atoms with Gasteiger partial charge in [0.1, 0.15) is 11.6 Å². The number of hydrogen-bond donors (Lipinski definition) is 2. The van der Waals surface area contributed by atoms with Crippen LogP contribution < -0.4 is 15.6 Å². The van der Waals surface area contributed by atoms with Gasteiger partial charge >= 0.3 is 0 Å². The topological polar surface area (TPSA) is 98.1 Å². The van der Waals surface area contributed by atoms with Gasteiger partial charge < -0.3 is 4.74 Å². The van der Waals surface area contributed by atoms with Crippen molar-refractivity contribution in [3.63, 3.8) is 0 Å². The van der Waals surface area contributed by atoms with Gasteiger partial charge in [-0.25, -0.2) is 4.39 Å². The van der Waals surface area contributed by atoms with Crippen LogP contribution >= 0.6 is 11.8 Å². The molecule has 0 aliphatic carbocycles. The van der Waals surface area contributed by atoms with Crippen LogP contribution in [-0.2, 0) is 4.79 Å². The summed E-state index contributed by atoms with van der Waals surface area (Å²) in [6.07, 6.45) is 0. The van der Waals surface area contributed by atoms with Crippen LogP contribution in [0.4, 0.5) is 4.39 Å². The number of aromatic nitrogens is 3. The fraction of sp³-hybridized carbons (Fsp3) is 0.0833. The number of rotatable bonds is 7. The van der Waals surface area contributed by atoms with Gasteiger partial charge in [0.2, 0.25) is 5.91 Å². The molecule has 2 amide bonds. The smallest absolute Gasteiger partial charge is 0.269 e. The Kier molecular flexibility index (Phi) is 7.19. The van der Waals surface area contributed by atoms with Crippen LogP contribution in [0.5, 0.6) is 5.75 Å². The van der Waals surface area contributed by atoms with E-state index in [0.29, 0.717) is 16.7 Å². The van der Waals surface area contributed by atoms with Gasteiger partial charge in [-0.2, -0.15) is 0 Å². The highest BCUT2D eigenvalue weighted by Crippen LogP contribution is 2.33. The first-order valence-corrected chi connectivity index (χ1v) is 11.2. The van der Waals surface area contributed by atoms with Gasteiger partial charge in [-0.1, -0.05) is 42.1 Å². The first-order valence-electron chi connectivity index (χ1n) is 10.2. The summed E-state index contributed by atoms with van der Waals surface area (Å²) in [5.74, 6) is -0.264. The number of thioether (sulfide) groups is 1. The summed E-state index contributed by atoms with van der Waals surface area (Å²) >= 11 is 1.16. The lowest BCUT2D eigenvalue weighted by Gasteiger charge is -2.12. The van der Waals surface area contributed by atoms with Gasteiger partial charge in [-0.3, -0.25) is 25.0 Å². The highest BCUT2D eigenvalue weighted by Gasteiger charge is 2.19. The molecular formula is C24H20FN5O3S. The number of benzene rings is 3. The van der Waals surface area contributed by atoms with Crippen molar-refractivity contribution in [2.45, 2.75) is 5.16 Å². The van der Waals surface area contributed by atoms with Crippen molar-refractivity contribution in [2.75, 3.05) is 12.9 Å². The molecule has 0 radical (unpaired) electrons. The third-order valence-corrected chi connectivity index (χ3v) is 5.68. The Balaban J connectivity index is 1.50. The minimum Gasteiger partial charge on any atom is -0.496 e. The zero-order valence-electron chi connectivity index (χ0n) is 18.1. The Morgan fingerprint density at radius 2 is 1.65 bits per heavy atom. The maximum absolute atomic E-state index is 13.0. The van der Waals surface area contributed by atoms with Crippen molar-refractivity contribution in [1.82, 2.24) is 25.6 Å². The Labute approximate surface area is 199 Å². The molecule has 8 nitrogen and oxygen atoms in total. The van der Waals surface area contributed by atoms with Crippen LogP contribution in [0.3, 0.4) is 0 Å². The fourth-order valence-corrected chi connectivity index (χ4v) is 3.90. The number of carbonyl (C=O) groups is 2. The molecule has 4 rings (SSSR count). The predicted octanol–water partition coefficient (Wildman–Crippen LogP) is 3.64. The maximum atomic E-state index is 13.0. The summed E-state index contributed by atoms with van der Waals surface area (Å²) in [4.78, 5) is 24.4. The summed E-state index contributed by atoms with van der Waals surface area (Å²) in [5.41, 5.74) is 6.46. The molecule has 10 heteroatoms. The van der Waals surface area contributed by atoms with Crippen LogP contribution in [0.15, 0.2) is 84.0 Å². The predicted molar refractivity (Wildman–Crippen MR) is 126 cm³/mol. The highest BCUT2D eigenvalue weighted by atomic mass is 32.2. The second kappa shape index (κ2) is 10.6. The lowest BCUT2D eigenvalue weighted by Crippen LogP contribution is -2.42. The molecule has 0 unspecified atom stereocenters. The number of carbonyl (C=O) groups excluding carboxylic acids is 2. The van der Waals surface area contributed by atoms with Crippen molar-refractivity contribution in [3.8, 4) is 22.8 Å². The van der Waals surface area contributed by atoms with Gasteiger partial charge in [0, 0.05) is 11.3 Å². The molecule has 0 aliphatic heterocycles. The van der Waals surface area contributed by atoms with Crippen molar-refractivity contribution in [2.24, 2.45) is 0 Å². The second-order valence-electron chi connectivity index (χ2n) is 6.98. The van der Waals surface area contributed by atoms with Gasteiger partial charge in [0.05, 0.1) is 18.4 Å². The minimum absolute atomic E-state index is 0.0272. The lowest BCUT2D eigenvalue weighted by molar-refractivity contribution is -0.119. The summed E-state index contributed by atoms with van der Waals surface area (Å²) in [6, 6.07) is 22.0. The standard InChI is InChI=1S/C24H20FN5O3S/c1-33-20-10-6-5-9-19(20)22-27-29-24(30(22)18-7-3-2-4-8-18)34-15-21(31)26-28-23(32)16-11-13-17(25)14-12-16/h2-14H,15H2,1H3,(H,26,31)(H,28,32). The fourth-order valence-electron chi connectivity index (χ4n) is 3.14. The van der Waals surface area contributed by atoms with E-state index in [4.69, 9.17) is 4.74 Å². The first-order chi connectivity index (χ1) is 16.6. The number of amides is 2. The van der Waals surface area contributed by atoms with Crippen molar-refractivity contribution < 1.29 is 18.7 Å². The van der Waals surface area contributed by atoms with Crippen LogP contribution in [0.1, 0.15) is 10.4 Å². The zero-order chi connectivity index (χ0) is 23.9. The van der Waals surface area contributed by atoms with Crippen LogP contribution in [0, 0.1) is 5.82 Å². The van der Waals surface area contributed by atoms with Crippen molar-refractivity contribution in [3.05, 3.63) is 90.2 Å². The molecule has 0 saturated heterocycles. The van der Waals surface area contributed by atoms with E-state index in [0.717, 1.165) is 23.0 Å². The zero-order valence-corrected chi connectivity index (χ0v) is 18.9. The molecule has 0 saturated carbocycles. The van der Waals surface area contributed by atoms with Crippen molar-refractivity contribution >= 4 is 23.6 Å². The van der Waals surface area contributed by atoms with E-state index in [-0.39, 0.29) is 11.3 Å². The largest absolute Gasteiger partial charge is 0.496 e. The SMILES string of the molecule is COc1ccccc1-c1nnc(SCC(=O)NNC(=O)c2ccc(F)cc2)n1-c1ccccc1. The molecule has 0 aliphatic rings. The third-order valence-electron chi connectivity index (χ3n) is 4.75. The van der Waals surface area contributed by atoms with Gasteiger partial charge in [-0.05, 0) is 48.5 Å². The quantitative estimate of drug-likeness (QED) is 0.312. The Hall–Kier alpha value is -4.18. The second-order valence-corrected chi connectivity index (χ2v) is 7.92. The maximum Gasteiger partial charge on any atom is 0.269 e. The van der Waals surface area contributed by atoms with Crippen molar-refractivity contribution in [1.29, 1.82) is 0 Å². The molecule has 1 heterocycles. The molecule has 34 heavy (non-hydrogen) atoms. The summed E-state index contributed by atoms with van der Waals surface area (Å²) in [7, 11) is 1.59. The average molecular weight is 478 g/mol. The highest BCUT2D eigenvalue weighted by molar-refractivity contribution is 7.99. The lowest BCUT2D eigenvalue weighted by atomic mass is 10.2. The number of hydrogen-bond acceptors (Lipinski definition) is 6. The first kappa shape index (κ1) is 23.0. The molecule has 0 bridgehead atoms. The molecular weight excluding hydrogens is 457 g/mol. The monoisotopic (exact) mass is 477 g/mol. The third kappa shape index (κ3) is 5.24. The number of ether oxygens (including phenoxy) is 1. The molecule has 4 aromatic rings. The van der Waals surface area contributed by atoms with E-state index in [1.54, 1.807) is 7.11 Å². The Morgan fingerprint density at radius 1 is 0.941 bits per heavy atom. The van der Waals surface area contributed by atoms with Crippen LogP contribution in [-0.4, -0.2) is 39.4 Å². The number of hydrazine groups is 1. The van der Waals surface area contributed by atoms with Gasteiger partial charge in [0.15, 0.2) is 11.0 Å². The van der Waals surface area contributed by atoms with E-state index < -0.39 is 17.6 Å². The van der Waals surface area contributed by atoms with Crippen LogP contribution in [0.2, 0.25) is 0 Å². The molecule has 3 aromatic carbocycles. The van der Waals surface area contributed by atoms with Crippen LogP contribution in [0.25, 0.3) is 17.1 Å². The Morgan fingerprint density at radius 3 is 2.38 bits per heavy atom. The number of para-hydroxylation sites is 2. The van der Waals surface area contributed by atoms with E-state index in [9.17, 15) is 14.0 Å². The Bertz CT molecular complexity index is 1300. The summed E-state index contributed by atoms with van der Waals surface area (Å²) in [6.45, 7) is 0. The number of nitrogens with one attached hydrogen (secondary N) is 2. The van der Waals surface area contributed by atoms with E-state index in [1.165, 1.54) is 24.3 Å². The molecule has 172 valence electrons. The summed E-state index contributed by atoms with van der Waals surface area (Å²) < 4.78 is 20.3. The van der Waals surface area contributed by atoms with E-state index in [2.05, 4.69) is 21.0 Å². The molecule has 2 N–H and O–H groups in total. The minimum atomic E-state index is -0.552. The van der Waals surface area contributed by atoms with E-state index >= 15 is 0 Å². The number of halogens is 1. The number of methoxy groups -OCH3 is 1. The van der Waals surface area contributed by atoms with E-state index in [1.807, 2.05) is 59.2 Å².